The fraction of sp³-hybridized carbons (Fsp3) is 0.385. The normalized spacial score (nSPS) is 10.6. The average Bonchev–Trinajstić information content (AvgIpc) is 2.85. The van der Waals surface area contributed by atoms with Crippen molar-refractivity contribution in [2.24, 2.45) is 5.73 Å². The van der Waals surface area contributed by atoms with Gasteiger partial charge in [0, 0.05) is 18.3 Å². The lowest BCUT2D eigenvalue weighted by atomic mass is 10.2. The molecule has 2 rings (SSSR count). The molecule has 0 aliphatic carbocycles. The molecule has 2 aromatic heterocycles. The molecule has 0 radical (unpaired) electrons. The summed E-state index contributed by atoms with van der Waals surface area (Å²) in [6.07, 6.45) is 0.835. The monoisotopic (exact) mass is 247 g/mol. The smallest absolute Gasteiger partial charge is 0.174 e. The van der Waals surface area contributed by atoms with Gasteiger partial charge in [-0.3, -0.25) is 4.98 Å². The van der Waals surface area contributed by atoms with E-state index in [4.69, 9.17) is 15.0 Å². The largest absolute Gasteiger partial charge is 0.484 e. The lowest BCUT2D eigenvalue weighted by molar-refractivity contribution is 0.245. The average molecular weight is 247 g/mol. The number of aryl methyl sites for hydroxylation is 2. The Hall–Kier alpha value is -1.88. The Morgan fingerprint density at radius 1 is 1.39 bits per heavy atom. The fourth-order valence-electron chi connectivity index (χ4n) is 1.65. The van der Waals surface area contributed by atoms with Crippen LogP contribution in [0.5, 0.6) is 5.75 Å². The lowest BCUT2D eigenvalue weighted by Crippen LogP contribution is -2.00. The zero-order valence-corrected chi connectivity index (χ0v) is 10.6. The van der Waals surface area contributed by atoms with Gasteiger partial charge in [-0.15, -0.1) is 0 Å². The zero-order valence-electron chi connectivity index (χ0n) is 10.6. The van der Waals surface area contributed by atoms with Gasteiger partial charge in [-0.05, 0) is 25.5 Å². The van der Waals surface area contributed by atoms with Crippen LogP contribution in [-0.4, -0.2) is 10.1 Å². The molecule has 2 N–H and O–H groups in total. The molecule has 0 spiro atoms. The maximum Gasteiger partial charge on any atom is 0.174 e. The van der Waals surface area contributed by atoms with Gasteiger partial charge in [-0.2, -0.15) is 0 Å². The van der Waals surface area contributed by atoms with E-state index in [1.807, 2.05) is 19.1 Å². The third-order valence-corrected chi connectivity index (χ3v) is 2.59. The third-order valence-electron chi connectivity index (χ3n) is 2.59. The Morgan fingerprint density at radius 3 is 2.89 bits per heavy atom. The number of aromatic nitrogens is 2. The van der Waals surface area contributed by atoms with Crippen molar-refractivity contribution in [3.05, 3.63) is 41.0 Å². The molecule has 0 fully saturated rings. The van der Waals surface area contributed by atoms with Crippen molar-refractivity contribution in [1.29, 1.82) is 0 Å². The Kier molecular flexibility index (Phi) is 3.94. The van der Waals surface area contributed by atoms with Gasteiger partial charge in [0.25, 0.3) is 0 Å². The number of hydrogen-bond acceptors (Lipinski definition) is 5. The van der Waals surface area contributed by atoms with E-state index in [-0.39, 0.29) is 0 Å². The zero-order chi connectivity index (χ0) is 13.0. The van der Waals surface area contributed by atoms with E-state index >= 15 is 0 Å². The van der Waals surface area contributed by atoms with E-state index in [0.717, 1.165) is 29.3 Å². The second-order valence-corrected chi connectivity index (χ2v) is 4.03. The second-order valence-electron chi connectivity index (χ2n) is 4.03. The Morgan fingerprint density at radius 2 is 2.22 bits per heavy atom. The van der Waals surface area contributed by atoms with Crippen LogP contribution in [0.25, 0.3) is 0 Å². The highest BCUT2D eigenvalue weighted by Gasteiger charge is 2.07. The molecule has 0 aromatic carbocycles. The molecular formula is C13H17N3O2. The summed E-state index contributed by atoms with van der Waals surface area (Å²) in [7, 11) is 0. The predicted octanol–water partition coefficient (Wildman–Crippen LogP) is 1.98. The molecular weight excluding hydrogens is 230 g/mol. The minimum atomic E-state index is 0.338. The maximum atomic E-state index is 5.69. The molecule has 18 heavy (non-hydrogen) atoms. The van der Waals surface area contributed by atoms with E-state index in [2.05, 4.69) is 17.1 Å². The van der Waals surface area contributed by atoms with E-state index in [9.17, 15) is 0 Å². The van der Waals surface area contributed by atoms with Crippen molar-refractivity contribution in [1.82, 2.24) is 10.1 Å². The van der Waals surface area contributed by atoms with Crippen LogP contribution >= 0.6 is 0 Å². The van der Waals surface area contributed by atoms with Crippen LogP contribution in [0.1, 0.15) is 29.8 Å². The second kappa shape index (κ2) is 5.64. The molecule has 0 aliphatic rings. The molecule has 96 valence electrons. The van der Waals surface area contributed by atoms with Crippen molar-refractivity contribution in [3.63, 3.8) is 0 Å². The van der Waals surface area contributed by atoms with Crippen LogP contribution in [0.4, 0.5) is 0 Å². The minimum Gasteiger partial charge on any atom is -0.484 e. The predicted molar refractivity (Wildman–Crippen MR) is 67.1 cm³/mol. The number of nitrogens with zero attached hydrogens (tertiary/aromatic N) is 2. The summed E-state index contributed by atoms with van der Waals surface area (Å²) in [6.45, 7) is 4.73. The van der Waals surface area contributed by atoms with Gasteiger partial charge in [-0.1, -0.05) is 12.1 Å². The molecule has 0 unspecified atom stereocenters. The Bertz CT molecular complexity index is 523. The summed E-state index contributed by atoms with van der Waals surface area (Å²) in [5.41, 5.74) is 8.13. The number of pyridine rings is 1. The lowest BCUT2D eigenvalue weighted by Gasteiger charge is -2.08. The highest BCUT2D eigenvalue weighted by atomic mass is 16.5. The van der Waals surface area contributed by atoms with Gasteiger partial charge >= 0.3 is 0 Å². The summed E-state index contributed by atoms with van der Waals surface area (Å²) in [4.78, 5) is 4.43. The van der Waals surface area contributed by atoms with Crippen molar-refractivity contribution in [2.45, 2.75) is 33.4 Å². The van der Waals surface area contributed by atoms with Crippen molar-refractivity contribution >= 4 is 0 Å². The van der Waals surface area contributed by atoms with Gasteiger partial charge in [0.2, 0.25) is 0 Å². The standard InChI is InChI=1S/C13H17N3O2/c1-3-12-13(5-4-9(2)15-12)17-8-11-6-10(7-14)16-18-11/h4-6H,3,7-8,14H2,1-2H3. The quantitative estimate of drug-likeness (QED) is 0.874. The number of nitrogens with two attached hydrogens (primary N) is 1. The molecule has 0 bridgehead atoms. The third kappa shape index (κ3) is 2.87. The Labute approximate surface area is 106 Å². The fourth-order valence-corrected chi connectivity index (χ4v) is 1.65. The highest BCUT2D eigenvalue weighted by molar-refractivity contribution is 5.29. The van der Waals surface area contributed by atoms with Crippen molar-refractivity contribution < 1.29 is 9.26 Å². The molecule has 0 atom stereocenters. The highest BCUT2D eigenvalue weighted by Crippen LogP contribution is 2.19. The summed E-state index contributed by atoms with van der Waals surface area (Å²) < 4.78 is 10.8. The van der Waals surface area contributed by atoms with Crippen LogP contribution in [0.2, 0.25) is 0 Å². The topological polar surface area (TPSA) is 74.2 Å². The first-order valence-electron chi connectivity index (χ1n) is 5.96. The van der Waals surface area contributed by atoms with Crippen LogP contribution in [0, 0.1) is 6.92 Å². The Balaban J connectivity index is 2.05. The van der Waals surface area contributed by atoms with Gasteiger partial charge < -0.3 is 15.0 Å². The van der Waals surface area contributed by atoms with Crippen molar-refractivity contribution in [3.8, 4) is 5.75 Å². The molecule has 5 heteroatoms. The molecule has 0 amide bonds. The van der Waals surface area contributed by atoms with E-state index in [1.165, 1.54) is 0 Å². The number of hydrogen-bond donors (Lipinski definition) is 1. The van der Waals surface area contributed by atoms with Gasteiger partial charge in [0.05, 0.1) is 11.4 Å². The SMILES string of the molecule is CCc1nc(C)ccc1OCc1cc(CN)no1. The van der Waals surface area contributed by atoms with Gasteiger partial charge in [-0.25, -0.2) is 0 Å². The van der Waals surface area contributed by atoms with Crippen LogP contribution in [0.15, 0.2) is 22.7 Å². The number of ether oxygens (including phenoxy) is 1. The molecule has 2 aromatic rings. The van der Waals surface area contributed by atoms with E-state index < -0.39 is 0 Å². The van der Waals surface area contributed by atoms with Crippen LogP contribution < -0.4 is 10.5 Å². The maximum absolute atomic E-state index is 5.69. The molecule has 5 nitrogen and oxygen atoms in total. The molecule has 0 saturated carbocycles. The van der Waals surface area contributed by atoms with Gasteiger partial charge in [0.15, 0.2) is 5.76 Å². The summed E-state index contributed by atoms with van der Waals surface area (Å²) in [5.74, 6) is 1.45. The van der Waals surface area contributed by atoms with Crippen LogP contribution in [-0.2, 0) is 19.6 Å². The van der Waals surface area contributed by atoms with Gasteiger partial charge in [0.1, 0.15) is 12.4 Å². The molecule has 0 saturated heterocycles. The first-order chi connectivity index (χ1) is 8.72. The number of rotatable bonds is 5. The first-order valence-corrected chi connectivity index (χ1v) is 5.96. The van der Waals surface area contributed by atoms with Crippen molar-refractivity contribution in [2.75, 3.05) is 0 Å². The summed E-state index contributed by atoms with van der Waals surface area (Å²) in [6, 6.07) is 5.66. The van der Waals surface area contributed by atoms with E-state index in [0.29, 0.717) is 18.9 Å². The summed E-state index contributed by atoms with van der Waals surface area (Å²) in [5, 5.41) is 3.81. The summed E-state index contributed by atoms with van der Waals surface area (Å²) >= 11 is 0. The molecule has 0 aliphatic heterocycles. The van der Waals surface area contributed by atoms with Crippen LogP contribution in [0.3, 0.4) is 0 Å². The molecule has 2 heterocycles. The minimum absolute atomic E-state index is 0.338. The van der Waals surface area contributed by atoms with E-state index in [1.54, 1.807) is 6.07 Å². The first kappa shape index (κ1) is 12.6.